The lowest BCUT2D eigenvalue weighted by Gasteiger charge is -2.32. The summed E-state index contributed by atoms with van der Waals surface area (Å²) in [6.45, 7) is 5.09. The third-order valence-corrected chi connectivity index (χ3v) is 6.20. The third kappa shape index (κ3) is 9.87. The minimum atomic E-state index is -5.08. The molecule has 4 heterocycles. The number of nitrogens with zero attached hydrogens (tertiary/aromatic N) is 5. The number of halogens is 6. The average molecular weight is 644 g/mol. The highest BCUT2D eigenvalue weighted by Crippen LogP contribution is 2.28. The molecule has 0 amide bonds. The van der Waals surface area contributed by atoms with Crippen LogP contribution in [0.15, 0.2) is 60.9 Å². The second kappa shape index (κ2) is 14.8. The third-order valence-electron chi connectivity index (χ3n) is 6.20. The van der Waals surface area contributed by atoms with Crippen LogP contribution in [0.1, 0.15) is 22.9 Å². The molecule has 0 spiro atoms. The van der Waals surface area contributed by atoms with Crippen molar-refractivity contribution in [2.24, 2.45) is 0 Å². The minimum Gasteiger partial charge on any atom is -0.481 e. The summed E-state index contributed by atoms with van der Waals surface area (Å²) in [4.78, 5) is 24.4. The Kier molecular flexibility index (Phi) is 11.4. The van der Waals surface area contributed by atoms with E-state index >= 15 is 0 Å². The fourth-order valence-electron chi connectivity index (χ4n) is 4.04. The number of methoxy groups -OCH3 is 1. The molecule has 1 atom stereocenters. The predicted molar refractivity (Wildman–Crippen MR) is 145 cm³/mol. The number of aryl methyl sites for hydroxylation is 1. The van der Waals surface area contributed by atoms with Gasteiger partial charge in [-0.05, 0) is 24.6 Å². The summed E-state index contributed by atoms with van der Waals surface area (Å²) in [5.41, 5.74) is 6.44. The number of morpholine rings is 1. The Hall–Kier alpha value is -4.77. The number of hydrogen-bond donors (Lipinski definition) is 2. The van der Waals surface area contributed by atoms with Gasteiger partial charge >= 0.3 is 24.3 Å². The van der Waals surface area contributed by atoms with Gasteiger partial charge in [0, 0.05) is 43.2 Å². The van der Waals surface area contributed by atoms with Crippen molar-refractivity contribution in [1.29, 1.82) is 0 Å². The Labute approximate surface area is 251 Å². The van der Waals surface area contributed by atoms with Crippen LogP contribution in [-0.2, 0) is 20.9 Å². The molecule has 1 saturated heterocycles. The number of aliphatic carboxylic acids is 2. The second-order valence-electron chi connectivity index (χ2n) is 9.46. The number of carboxylic acids is 2. The van der Waals surface area contributed by atoms with E-state index in [1.807, 2.05) is 16.8 Å². The summed E-state index contributed by atoms with van der Waals surface area (Å²) in [5, 5.41) is 23.1. The first-order valence-electron chi connectivity index (χ1n) is 12.9. The Bertz CT molecular complexity index is 1570. The van der Waals surface area contributed by atoms with E-state index in [2.05, 4.69) is 69.6 Å². The van der Waals surface area contributed by atoms with Crippen LogP contribution in [-0.4, -0.2) is 86.0 Å². The molecule has 2 N–H and O–H groups in total. The SMILES string of the molecule is COc1ncccc1CN1CCOC(c2nnn3cc(-c4ccc(C)cc4)ccc23)C1.O=C(O)C(F)(F)F.O=C(O)C(F)(F)F. The average Bonchev–Trinajstić information content (AvgIpc) is 3.41. The molecule has 0 radical (unpaired) electrons. The van der Waals surface area contributed by atoms with Crippen LogP contribution < -0.4 is 4.74 Å². The highest BCUT2D eigenvalue weighted by Gasteiger charge is 2.39. The quantitative estimate of drug-likeness (QED) is 0.287. The first kappa shape index (κ1) is 34.7. The smallest absolute Gasteiger partial charge is 0.481 e. The Morgan fingerprint density at radius 3 is 2.16 bits per heavy atom. The van der Waals surface area contributed by atoms with E-state index < -0.39 is 24.3 Å². The molecule has 1 unspecified atom stereocenters. The molecule has 1 aliphatic rings. The number of alkyl halides is 6. The van der Waals surface area contributed by atoms with Crippen LogP contribution >= 0.6 is 0 Å². The summed E-state index contributed by atoms with van der Waals surface area (Å²) in [7, 11) is 1.65. The highest BCUT2D eigenvalue weighted by molar-refractivity contribution is 5.73. The Morgan fingerprint density at radius 1 is 0.978 bits per heavy atom. The van der Waals surface area contributed by atoms with Crippen molar-refractivity contribution in [3.05, 3.63) is 77.7 Å². The van der Waals surface area contributed by atoms with Gasteiger partial charge in [-0.15, -0.1) is 5.10 Å². The molecule has 5 rings (SSSR count). The number of fused-ring (bicyclic) bond motifs is 1. The van der Waals surface area contributed by atoms with E-state index in [4.69, 9.17) is 29.3 Å². The predicted octanol–water partition coefficient (Wildman–Crippen LogP) is 4.95. The highest BCUT2D eigenvalue weighted by atomic mass is 19.4. The lowest BCUT2D eigenvalue weighted by molar-refractivity contribution is -0.193. The largest absolute Gasteiger partial charge is 0.490 e. The summed E-state index contributed by atoms with van der Waals surface area (Å²) in [6, 6.07) is 16.7. The molecule has 1 aromatic carbocycles. The zero-order chi connectivity index (χ0) is 33.4. The molecule has 0 bridgehead atoms. The van der Waals surface area contributed by atoms with E-state index in [0.717, 1.165) is 47.5 Å². The first-order chi connectivity index (χ1) is 21.1. The number of benzene rings is 1. The van der Waals surface area contributed by atoms with Gasteiger partial charge in [0.15, 0.2) is 0 Å². The Balaban J connectivity index is 0.000000331. The van der Waals surface area contributed by atoms with Crippen LogP contribution in [0.3, 0.4) is 0 Å². The van der Waals surface area contributed by atoms with Gasteiger partial charge in [-0.1, -0.05) is 47.2 Å². The second-order valence-corrected chi connectivity index (χ2v) is 9.46. The van der Waals surface area contributed by atoms with Gasteiger partial charge in [0.25, 0.3) is 0 Å². The number of ether oxygens (including phenoxy) is 2. The standard InChI is InChI=1S/C24H25N5O2.2C2HF3O2/c1-17-5-7-18(8-6-17)19-9-10-21-23(26-27-29(21)15-19)22-16-28(12-13-31-22)14-20-4-3-11-25-24(20)30-2;2*3-2(4,5)1(6)7/h3-11,15,22H,12-14,16H2,1-2H3;2*(H,6,7). The molecular formula is C28H27F6N5O6. The fourth-order valence-corrected chi connectivity index (χ4v) is 4.04. The van der Waals surface area contributed by atoms with E-state index in [-0.39, 0.29) is 6.10 Å². The van der Waals surface area contributed by atoms with E-state index in [1.165, 1.54) is 5.56 Å². The van der Waals surface area contributed by atoms with Gasteiger partial charge in [0.05, 0.1) is 19.2 Å². The van der Waals surface area contributed by atoms with Crippen molar-refractivity contribution >= 4 is 17.5 Å². The normalized spacial score (nSPS) is 15.3. The summed E-state index contributed by atoms with van der Waals surface area (Å²) in [6.07, 6.45) is -6.52. The van der Waals surface area contributed by atoms with Gasteiger partial charge in [0.2, 0.25) is 5.88 Å². The van der Waals surface area contributed by atoms with Gasteiger partial charge < -0.3 is 19.7 Å². The number of carbonyl (C=O) groups is 2. The monoisotopic (exact) mass is 643 g/mol. The van der Waals surface area contributed by atoms with Gasteiger partial charge in [0.1, 0.15) is 11.8 Å². The van der Waals surface area contributed by atoms with Gasteiger partial charge in [-0.3, -0.25) is 4.90 Å². The van der Waals surface area contributed by atoms with Crippen molar-refractivity contribution in [2.45, 2.75) is 31.9 Å². The molecule has 1 aliphatic heterocycles. The summed E-state index contributed by atoms with van der Waals surface area (Å²) < 4.78 is 76.8. The van der Waals surface area contributed by atoms with Crippen LogP contribution in [0.5, 0.6) is 5.88 Å². The molecule has 0 aliphatic carbocycles. The number of rotatable bonds is 5. The van der Waals surface area contributed by atoms with Crippen LogP contribution in [0.2, 0.25) is 0 Å². The number of hydrogen-bond acceptors (Lipinski definition) is 8. The maximum Gasteiger partial charge on any atom is 0.490 e. The van der Waals surface area contributed by atoms with Crippen LogP contribution in [0, 0.1) is 6.92 Å². The number of carboxylic acid groups (broad SMARTS) is 2. The molecule has 4 aromatic rings. The fraction of sp³-hybridized carbons (Fsp3) is 0.321. The van der Waals surface area contributed by atoms with Crippen molar-refractivity contribution in [3.8, 4) is 17.0 Å². The molecule has 45 heavy (non-hydrogen) atoms. The molecular weight excluding hydrogens is 616 g/mol. The lowest BCUT2D eigenvalue weighted by atomic mass is 10.1. The zero-order valence-corrected chi connectivity index (χ0v) is 23.7. The molecule has 17 heteroatoms. The van der Waals surface area contributed by atoms with E-state index in [0.29, 0.717) is 12.5 Å². The van der Waals surface area contributed by atoms with Gasteiger partial charge in [-0.25, -0.2) is 19.1 Å². The maximum atomic E-state index is 10.6. The molecule has 11 nitrogen and oxygen atoms in total. The van der Waals surface area contributed by atoms with Crippen molar-refractivity contribution in [2.75, 3.05) is 26.8 Å². The molecule has 3 aromatic heterocycles. The van der Waals surface area contributed by atoms with Crippen molar-refractivity contribution in [1.82, 2.24) is 24.7 Å². The van der Waals surface area contributed by atoms with E-state index in [1.54, 1.807) is 13.3 Å². The van der Waals surface area contributed by atoms with Gasteiger partial charge in [-0.2, -0.15) is 26.3 Å². The molecule has 1 fully saturated rings. The molecule has 242 valence electrons. The Morgan fingerprint density at radius 2 is 1.58 bits per heavy atom. The zero-order valence-electron chi connectivity index (χ0n) is 23.7. The minimum absolute atomic E-state index is 0.126. The van der Waals surface area contributed by atoms with E-state index in [9.17, 15) is 26.3 Å². The maximum absolute atomic E-state index is 10.6. The van der Waals surface area contributed by atoms with Crippen molar-refractivity contribution < 1.29 is 55.6 Å². The first-order valence-corrected chi connectivity index (χ1v) is 12.9. The summed E-state index contributed by atoms with van der Waals surface area (Å²) >= 11 is 0. The van der Waals surface area contributed by atoms with Crippen molar-refractivity contribution in [3.63, 3.8) is 0 Å². The lowest BCUT2D eigenvalue weighted by Crippen LogP contribution is -2.38. The molecule has 0 saturated carbocycles. The van der Waals surface area contributed by atoms with Crippen LogP contribution in [0.4, 0.5) is 26.3 Å². The topological polar surface area (TPSA) is 139 Å². The number of aromatic nitrogens is 4. The van der Waals surface area contributed by atoms with Crippen LogP contribution in [0.25, 0.3) is 16.6 Å². The summed E-state index contributed by atoms with van der Waals surface area (Å²) in [5.74, 6) is -4.84. The number of pyridine rings is 2.